The van der Waals surface area contributed by atoms with E-state index in [1.807, 2.05) is 0 Å². The summed E-state index contributed by atoms with van der Waals surface area (Å²) in [5, 5.41) is 0. The summed E-state index contributed by atoms with van der Waals surface area (Å²) in [6.07, 6.45) is 14.4. The smallest absolute Gasteiger partial charge is 0.00414 e. The molecule has 0 spiro atoms. The van der Waals surface area contributed by atoms with Crippen LogP contribution in [0.5, 0.6) is 0 Å². The standard InChI is InChI=1S/C13H25N/c14-13-7-3-6-12(10-13)9-8-11-4-1-2-5-11/h11-13H,1-10,14H2. The molecule has 82 valence electrons. The first-order valence-corrected chi connectivity index (χ1v) is 6.60. The molecule has 0 aromatic carbocycles. The van der Waals surface area contributed by atoms with Crippen LogP contribution in [0.3, 0.4) is 0 Å². The maximum Gasteiger partial charge on any atom is 0.00414 e. The van der Waals surface area contributed by atoms with Crippen LogP contribution in [-0.2, 0) is 0 Å². The van der Waals surface area contributed by atoms with Gasteiger partial charge in [-0.15, -0.1) is 0 Å². The van der Waals surface area contributed by atoms with Crippen LogP contribution in [0.25, 0.3) is 0 Å². The van der Waals surface area contributed by atoms with E-state index in [1.54, 1.807) is 0 Å². The zero-order valence-corrected chi connectivity index (χ0v) is 9.38. The van der Waals surface area contributed by atoms with Gasteiger partial charge in [-0.1, -0.05) is 51.4 Å². The fourth-order valence-corrected chi connectivity index (χ4v) is 3.37. The molecule has 0 saturated heterocycles. The molecule has 2 unspecified atom stereocenters. The molecule has 0 bridgehead atoms. The molecular formula is C13H25N. The third kappa shape index (κ3) is 2.98. The van der Waals surface area contributed by atoms with E-state index in [1.165, 1.54) is 64.2 Å². The highest BCUT2D eigenvalue weighted by atomic mass is 14.6. The first-order chi connectivity index (χ1) is 6.84. The Morgan fingerprint density at radius 1 is 0.786 bits per heavy atom. The van der Waals surface area contributed by atoms with Crippen molar-refractivity contribution in [2.24, 2.45) is 17.6 Å². The van der Waals surface area contributed by atoms with Gasteiger partial charge >= 0.3 is 0 Å². The zero-order valence-electron chi connectivity index (χ0n) is 9.38. The van der Waals surface area contributed by atoms with Crippen molar-refractivity contribution in [3.8, 4) is 0 Å². The molecule has 0 heterocycles. The Morgan fingerprint density at radius 2 is 1.43 bits per heavy atom. The van der Waals surface area contributed by atoms with Gasteiger partial charge in [0, 0.05) is 6.04 Å². The van der Waals surface area contributed by atoms with Crippen LogP contribution in [0.2, 0.25) is 0 Å². The van der Waals surface area contributed by atoms with Crippen molar-refractivity contribution in [3.05, 3.63) is 0 Å². The third-order valence-electron chi connectivity index (χ3n) is 4.28. The van der Waals surface area contributed by atoms with Gasteiger partial charge in [0.05, 0.1) is 0 Å². The van der Waals surface area contributed by atoms with Crippen molar-refractivity contribution in [2.45, 2.75) is 70.3 Å². The lowest BCUT2D eigenvalue weighted by Gasteiger charge is -2.27. The fourth-order valence-electron chi connectivity index (χ4n) is 3.37. The van der Waals surface area contributed by atoms with E-state index >= 15 is 0 Å². The lowest BCUT2D eigenvalue weighted by molar-refractivity contribution is 0.284. The molecule has 0 aromatic rings. The molecule has 2 N–H and O–H groups in total. The van der Waals surface area contributed by atoms with Gasteiger partial charge in [0.1, 0.15) is 0 Å². The Bertz CT molecular complexity index is 161. The molecule has 0 radical (unpaired) electrons. The molecular weight excluding hydrogens is 170 g/mol. The minimum Gasteiger partial charge on any atom is -0.328 e. The summed E-state index contributed by atoms with van der Waals surface area (Å²) >= 11 is 0. The molecule has 2 aliphatic rings. The summed E-state index contributed by atoms with van der Waals surface area (Å²) in [5.41, 5.74) is 6.01. The van der Waals surface area contributed by atoms with Crippen LogP contribution in [0.4, 0.5) is 0 Å². The van der Waals surface area contributed by atoms with Gasteiger partial charge < -0.3 is 5.73 Å². The highest BCUT2D eigenvalue weighted by Gasteiger charge is 2.21. The Labute approximate surface area is 88.4 Å². The van der Waals surface area contributed by atoms with Crippen molar-refractivity contribution in [1.82, 2.24) is 0 Å². The van der Waals surface area contributed by atoms with Gasteiger partial charge in [0.15, 0.2) is 0 Å². The molecule has 0 aromatic heterocycles. The normalized spacial score (nSPS) is 34.9. The Kier molecular flexibility index (Phi) is 3.86. The van der Waals surface area contributed by atoms with E-state index in [2.05, 4.69) is 0 Å². The van der Waals surface area contributed by atoms with E-state index < -0.39 is 0 Å². The molecule has 1 nitrogen and oxygen atoms in total. The SMILES string of the molecule is NC1CCCC(CCC2CCCC2)C1. The highest BCUT2D eigenvalue weighted by Crippen LogP contribution is 2.33. The largest absolute Gasteiger partial charge is 0.328 e. The van der Waals surface area contributed by atoms with Crippen LogP contribution in [0, 0.1) is 11.8 Å². The van der Waals surface area contributed by atoms with E-state index in [4.69, 9.17) is 5.73 Å². The number of hydrogen-bond acceptors (Lipinski definition) is 1. The van der Waals surface area contributed by atoms with Gasteiger partial charge in [0.2, 0.25) is 0 Å². The van der Waals surface area contributed by atoms with Gasteiger partial charge in [-0.05, 0) is 24.7 Å². The number of hydrogen-bond donors (Lipinski definition) is 1. The quantitative estimate of drug-likeness (QED) is 0.733. The van der Waals surface area contributed by atoms with Crippen LogP contribution >= 0.6 is 0 Å². The molecule has 2 rings (SSSR count). The van der Waals surface area contributed by atoms with Crippen molar-refractivity contribution in [1.29, 1.82) is 0 Å². The predicted octanol–water partition coefficient (Wildman–Crippen LogP) is 3.47. The lowest BCUT2D eigenvalue weighted by atomic mass is 9.82. The van der Waals surface area contributed by atoms with Gasteiger partial charge in [-0.25, -0.2) is 0 Å². The first kappa shape index (κ1) is 10.5. The van der Waals surface area contributed by atoms with Crippen LogP contribution in [-0.4, -0.2) is 6.04 Å². The second kappa shape index (κ2) is 5.16. The number of nitrogens with two attached hydrogens (primary N) is 1. The summed E-state index contributed by atoms with van der Waals surface area (Å²) in [6, 6.07) is 0.525. The minimum absolute atomic E-state index is 0.525. The third-order valence-corrected chi connectivity index (χ3v) is 4.28. The number of rotatable bonds is 3. The van der Waals surface area contributed by atoms with Crippen LogP contribution in [0.15, 0.2) is 0 Å². The first-order valence-electron chi connectivity index (χ1n) is 6.60. The summed E-state index contributed by atoms with van der Waals surface area (Å²) in [4.78, 5) is 0. The van der Waals surface area contributed by atoms with Crippen molar-refractivity contribution < 1.29 is 0 Å². The molecule has 2 fully saturated rings. The fraction of sp³-hybridized carbons (Fsp3) is 1.00. The average Bonchev–Trinajstić information content (AvgIpc) is 2.67. The zero-order chi connectivity index (χ0) is 9.80. The average molecular weight is 195 g/mol. The van der Waals surface area contributed by atoms with Crippen molar-refractivity contribution in [3.63, 3.8) is 0 Å². The molecule has 2 saturated carbocycles. The van der Waals surface area contributed by atoms with E-state index in [9.17, 15) is 0 Å². The van der Waals surface area contributed by atoms with E-state index in [0.29, 0.717) is 6.04 Å². The predicted molar refractivity (Wildman–Crippen MR) is 61.1 cm³/mol. The topological polar surface area (TPSA) is 26.0 Å². The van der Waals surface area contributed by atoms with Gasteiger partial charge in [0.25, 0.3) is 0 Å². The molecule has 2 aliphatic carbocycles. The molecule has 14 heavy (non-hydrogen) atoms. The highest BCUT2D eigenvalue weighted by molar-refractivity contribution is 4.77. The van der Waals surface area contributed by atoms with Crippen molar-refractivity contribution >= 4 is 0 Å². The molecule has 0 amide bonds. The molecule has 0 aliphatic heterocycles. The minimum atomic E-state index is 0.525. The summed E-state index contributed by atoms with van der Waals surface area (Å²) < 4.78 is 0. The maximum atomic E-state index is 6.01. The Morgan fingerprint density at radius 3 is 2.14 bits per heavy atom. The second-order valence-electron chi connectivity index (χ2n) is 5.52. The van der Waals surface area contributed by atoms with Gasteiger partial charge in [-0.2, -0.15) is 0 Å². The summed E-state index contributed by atoms with van der Waals surface area (Å²) in [5.74, 6) is 2.05. The van der Waals surface area contributed by atoms with Gasteiger partial charge in [-0.3, -0.25) is 0 Å². The maximum absolute atomic E-state index is 6.01. The Hall–Kier alpha value is -0.0400. The van der Waals surface area contributed by atoms with Crippen LogP contribution < -0.4 is 5.73 Å². The summed E-state index contributed by atoms with van der Waals surface area (Å²) in [6.45, 7) is 0. The molecule has 1 heteroatoms. The Balaban J connectivity index is 1.64. The van der Waals surface area contributed by atoms with Crippen LogP contribution in [0.1, 0.15) is 64.2 Å². The second-order valence-corrected chi connectivity index (χ2v) is 5.52. The molecule has 2 atom stereocenters. The van der Waals surface area contributed by atoms with E-state index in [-0.39, 0.29) is 0 Å². The lowest BCUT2D eigenvalue weighted by Crippen LogP contribution is -2.27. The summed E-state index contributed by atoms with van der Waals surface area (Å²) in [7, 11) is 0. The monoisotopic (exact) mass is 195 g/mol. The van der Waals surface area contributed by atoms with Crippen molar-refractivity contribution in [2.75, 3.05) is 0 Å². The van der Waals surface area contributed by atoms with E-state index in [0.717, 1.165) is 11.8 Å².